The summed E-state index contributed by atoms with van der Waals surface area (Å²) in [5.74, 6) is 1.36. The molecule has 1 fully saturated rings. The van der Waals surface area contributed by atoms with Crippen molar-refractivity contribution in [3.63, 3.8) is 0 Å². The first-order valence-corrected chi connectivity index (χ1v) is 11.9. The molecular weight excluding hydrogens is 456 g/mol. The Bertz CT molecular complexity index is 1340. The van der Waals surface area contributed by atoms with Crippen LogP contribution < -0.4 is 15.0 Å². The maximum absolute atomic E-state index is 12.9. The second-order valence-corrected chi connectivity index (χ2v) is 8.95. The standard InChI is InChI=1S/C28H28N4O4/c1-35-25-12-11-23-24(13-16-29-26(23)30-25)36-22-9-7-21(8-10-22)28(27(33)31-34)14-17-32(18-15-28)19-20-5-3-2-4-6-20/h2-13,16,34H,14-15,17-19H2,1H3,(H,31,33). The smallest absolute Gasteiger partial charge is 0.254 e. The van der Waals surface area contributed by atoms with Crippen LogP contribution in [0.15, 0.2) is 79.0 Å². The highest BCUT2D eigenvalue weighted by molar-refractivity contribution is 5.87. The number of nitrogens with zero attached hydrogens (tertiary/aromatic N) is 3. The molecule has 1 amide bonds. The largest absolute Gasteiger partial charge is 0.481 e. The minimum atomic E-state index is -0.801. The zero-order chi connectivity index (χ0) is 25.0. The molecule has 3 heterocycles. The molecule has 0 bridgehead atoms. The molecule has 0 atom stereocenters. The Morgan fingerprint density at radius 3 is 2.47 bits per heavy atom. The monoisotopic (exact) mass is 484 g/mol. The van der Waals surface area contributed by atoms with Crippen molar-refractivity contribution in [1.82, 2.24) is 20.3 Å². The molecule has 1 aliphatic rings. The summed E-state index contributed by atoms with van der Waals surface area (Å²) in [5, 5.41) is 10.3. The van der Waals surface area contributed by atoms with Crippen molar-refractivity contribution in [3.8, 4) is 17.4 Å². The van der Waals surface area contributed by atoms with E-state index in [1.165, 1.54) is 5.56 Å². The number of methoxy groups -OCH3 is 1. The molecule has 0 spiro atoms. The maximum atomic E-state index is 12.9. The Labute approximate surface area is 209 Å². The van der Waals surface area contributed by atoms with Crippen molar-refractivity contribution >= 4 is 16.9 Å². The number of hydrogen-bond acceptors (Lipinski definition) is 7. The van der Waals surface area contributed by atoms with Gasteiger partial charge in [0.05, 0.1) is 17.9 Å². The van der Waals surface area contributed by atoms with Crippen LogP contribution in [0.4, 0.5) is 0 Å². The molecule has 8 nitrogen and oxygen atoms in total. The van der Waals surface area contributed by atoms with E-state index in [-0.39, 0.29) is 5.91 Å². The Morgan fingerprint density at radius 1 is 1.03 bits per heavy atom. The van der Waals surface area contributed by atoms with Crippen LogP contribution in [0.5, 0.6) is 17.4 Å². The number of piperidine rings is 1. The van der Waals surface area contributed by atoms with Crippen LogP contribution in [0.2, 0.25) is 0 Å². The van der Waals surface area contributed by atoms with Gasteiger partial charge in [0.1, 0.15) is 11.5 Å². The summed E-state index contributed by atoms with van der Waals surface area (Å²) in [4.78, 5) is 23.9. The van der Waals surface area contributed by atoms with E-state index in [4.69, 9.17) is 9.47 Å². The van der Waals surface area contributed by atoms with E-state index in [2.05, 4.69) is 27.0 Å². The zero-order valence-electron chi connectivity index (χ0n) is 20.1. The predicted molar refractivity (Wildman–Crippen MR) is 135 cm³/mol. The first kappa shape index (κ1) is 23.7. The first-order chi connectivity index (χ1) is 17.6. The van der Waals surface area contributed by atoms with Crippen LogP contribution in [0.1, 0.15) is 24.0 Å². The number of hydroxylamine groups is 1. The lowest BCUT2D eigenvalue weighted by molar-refractivity contribution is -0.137. The highest BCUT2D eigenvalue weighted by atomic mass is 16.5. The fourth-order valence-electron chi connectivity index (χ4n) is 4.85. The van der Waals surface area contributed by atoms with Crippen molar-refractivity contribution in [2.45, 2.75) is 24.8 Å². The molecule has 0 radical (unpaired) electrons. The summed E-state index contributed by atoms with van der Waals surface area (Å²) in [6.45, 7) is 2.34. The highest BCUT2D eigenvalue weighted by Gasteiger charge is 2.42. The van der Waals surface area contributed by atoms with Gasteiger partial charge in [0.2, 0.25) is 5.88 Å². The van der Waals surface area contributed by atoms with Crippen LogP contribution in [-0.4, -0.2) is 46.2 Å². The summed E-state index contributed by atoms with van der Waals surface area (Å²) < 4.78 is 11.3. The number of likely N-dealkylation sites (tertiary alicyclic amines) is 1. The third-order valence-corrected chi connectivity index (χ3v) is 6.88. The molecule has 2 N–H and O–H groups in total. The van der Waals surface area contributed by atoms with Gasteiger partial charge in [-0.2, -0.15) is 4.98 Å². The fraction of sp³-hybridized carbons (Fsp3) is 0.250. The second kappa shape index (κ2) is 10.3. The van der Waals surface area contributed by atoms with E-state index >= 15 is 0 Å². The average molecular weight is 485 g/mol. The highest BCUT2D eigenvalue weighted by Crippen LogP contribution is 2.38. The SMILES string of the molecule is COc1ccc2c(Oc3ccc(C4(C(=O)NO)CCN(Cc5ccccc5)CC4)cc3)ccnc2n1. The van der Waals surface area contributed by atoms with E-state index in [0.29, 0.717) is 35.9 Å². The number of benzene rings is 2. The molecule has 1 saturated heterocycles. The molecule has 0 aliphatic carbocycles. The molecule has 2 aromatic carbocycles. The van der Waals surface area contributed by atoms with E-state index < -0.39 is 5.41 Å². The number of aromatic nitrogens is 2. The van der Waals surface area contributed by atoms with E-state index in [1.54, 1.807) is 25.4 Å². The van der Waals surface area contributed by atoms with Gasteiger partial charge in [0, 0.05) is 18.8 Å². The third kappa shape index (κ3) is 4.73. The van der Waals surface area contributed by atoms with Crippen molar-refractivity contribution < 1.29 is 19.5 Å². The Morgan fingerprint density at radius 2 is 1.78 bits per heavy atom. The molecule has 4 aromatic rings. The maximum Gasteiger partial charge on any atom is 0.254 e. The molecule has 2 aromatic heterocycles. The van der Waals surface area contributed by atoms with Crippen LogP contribution in [0.25, 0.3) is 11.0 Å². The number of nitrogens with one attached hydrogen (secondary N) is 1. The number of amides is 1. The molecule has 184 valence electrons. The van der Waals surface area contributed by atoms with Crippen LogP contribution in [0, 0.1) is 0 Å². The van der Waals surface area contributed by atoms with Gasteiger partial charge in [0.25, 0.3) is 5.91 Å². The van der Waals surface area contributed by atoms with Gasteiger partial charge in [-0.15, -0.1) is 0 Å². The topological polar surface area (TPSA) is 96.8 Å². The van der Waals surface area contributed by atoms with Crippen LogP contribution in [-0.2, 0) is 16.8 Å². The van der Waals surface area contributed by atoms with Crippen LogP contribution in [0.3, 0.4) is 0 Å². The molecule has 36 heavy (non-hydrogen) atoms. The lowest BCUT2D eigenvalue weighted by atomic mass is 9.72. The summed E-state index contributed by atoms with van der Waals surface area (Å²) in [5.41, 5.74) is 3.74. The third-order valence-electron chi connectivity index (χ3n) is 6.88. The summed E-state index contributed by atoms with van der Waals surface area (Å²) in [7, 11) is 1.56. The molecule has 1 aliphatic heterocycles. The average Bonchev–Trinajstić information content (AvgIpc) is 2.94. The number of rotatable bonds is 7. The van der Waals surface area contributed by atoms with Crippen molar-refractivity contribution in [2.75, 3.05) is 20.2 Å². The van der Waals surface area contributed by atoms with Gasteiger partial charge in [0.15, 0.2) is 5.65 Å². The normalized spacial score (nSPS) is 15.4. The lowest BCUT2D eigenvalue weighted by Crippen LogP contribution is -2.50. The minimum Gasteiger partial charge on any atom is -0.481 e. The van der Waals surface area contributed by atoms with E-state index in [9.17, 15) is 10.0 Å². The fourth-order valence-corrected chi connectivity index (χ4v) is 4.85. The molecule has 5 rings (SSSR count). The lowest BCUT2D eigenvalue weighted by Gasteiger charge is -2.40. The molecule has 0 unspecified atom stereocenters. The Hall–Kier alpha value is -4.01. The number of fused-ring (bicyclic) bond motifs is 1. The minimum absolute atomic E-state index is 0.379. The van der Waals surface area contributed by atoms with E-state index in [1.807, 2.05) is 54.0 Å². The van der Waals surface area contributed by atoms with Gasteiger partial charge in [-0.3, -0.25) is 14.9 Å². The van der Waals surface area contributed by atoms with Gasteiger partial charge >= 0.3 is 0 Å². The predicted octanol–water partition coefficient (Wildman–Crippen LogP) is 4.47. The molecular formula is C28H28N4O4. The Balaban J connectivity index is 1.34. The summed E-state index contributed by atoms with van der Waals surface area (Å²) in [6.07, 6.45) is 2.85. The van der Waals surface area contributed by atoms with Gasteiger partial charge in [-0.05, 0) is 61.3 Å². The second-order valence-electron chi connectivity index (χ2n) is 8.95. The number of hydrogen-bond donors (Lipinski definition) is 2. The molecule has 0 saturated carbocycles. The zero-order valence-corrected chi connectivity index (χ0v) is 20.1. The number of pyridine rings is 2. The van der Waals surface area contributed by atoms with Gasteiger partial charge in [-0.1, -0.05) is 42.5 Å². The summed E-state index contributed by atoms with van der Waals surface area (Å²) in [6, 6.07) is 23.2. The Kier molecular flexibility index (Phi) is 6.79. The van der Waals surface area contributed by atoms with Crippen LogP contribution >= 0.6 is 0 Å². The quantitative estimate of drug-likeness (QED) is 0.295. The van der Waals surface area contributed by atoms with Gasteiger partial charge in [-0.25, -0.2) is 10.5 Å². The number of carbonyl (C=O) groups is 1. The van der Waals surface area contributed by atoms with E-state index in [0.717, 1.165) is 30.6 Å². The van der Waals surface area contributed by atoms with Gasteiger partial charge < -0.3 is 9.47 Å². The number of ether oxygens (including phenoxy) is 2. The van der Waals surface area contributed by atoms with Crippen molar-refractivity contribution in [3.05, 3.63) is 90.1 Å². The summed E-state index contributed by atoms with van der Waals surface area (Å²) >= 11 is 0. The number of carbonyl (C=O) groups excluding carboxylic acids is 1. The first-order valence-electron chi connectivity index (χ1n) is 11.9. The van der Waals surface area contributed by atoms with Crippen molar-refractivity contribution in [2.24, 2.45) is 0 Å². The molecule has 8 heteroatoms. The van der Waals surface area contributed by atoms with Crippen molar-refractivity contribution in [1.29, 1.82) is 0 Å².